The second-order valence-corrected chi connectivity index (χ2v) is 18.3. The topological polar surface area (TPSA) is 95.9 Å². The van der Waals surface area contributed by atoms with E-state index in [0.717, 1.165) is 38.5 Å². The zero-order valence-electron chi connectivity index (χ0n) is 39.5. The van der Waals surface area contributed by atoms with E-state index in [-0.39, 0.29) is 24.9 Å². The molecular weight excluding hydrogens is 719 g/mol. The van der Waals surface area contributed by atoms with Gasteiger partial charge in [-0.15, -0.1) is 0 Å². The highest BCUT2D eigenvalue weighted by Crippen LogP contribution is 2.19. The summed E-state index contributed by atoms with van der Waals surface area (Å²) in [6.07, 6.45) is 50.2. The molecule has 0 aliphatic heterocycles. The van der Waals surface area contributed by atoms with E-state index in [0.29, 0.717) is 19.3 Å². The van der Waals surface area contributed by atoms with Gasteiger partial charge in [0.05, 0.1) is 25.2 Å². The lowest BCUT2D eigenvalue weighted by Gasteiger charge is -2.24. The fourth-order valence-corrected chi connectivity index (χ4v) is 8.43. The molecular formula is C52H103NO5. The van der Waals surface area contributed by atoms with Crippen molar-refractivity contribution < 1.29 is 24.5 Å². The summed E-state index contributed by atoms with van der Waals surface area (Å²) in [5.74, 6) is -0.450. The molecule has 3 unspecified atom stereocenters. The summed E-state index contributed by atoms with van der Waals surface area (Å²) in [4.78, 5) is 26.1. The number of rotatable bonds is 48. The molecule has 0 radical (unpaired) electrons. The van der Waals surface area contributed by atoms with Crippen molar-refractivity contribution in [3.8, 4) is 0 Å². The molecule has 0 fully saturated rings. The second-order valence-electron chi connectivity index (χ2n) is 18.3. The van der Waals surface area contributed by atoms with Gasteiger partial charge in [-0.2, -0.15) is 0 Å². The van der Waals surface area contributed by atoms with Crippen LogP contribution in [0.15, 0.2) is 0 Å². The van der Waals surface area contributed by atoms with Gasteiger partial charge in [0.1, 0.15) is 6.10 Å². The standard InChI is InChI=1S/C52H103NO5/c1-4-7-10-13-16-19-22-24-25-26-28-30-33-36-39-42-45-52(57)58-48(43-40-37-34-31-29-27-23-20-17-14-11-8-5-2)46-51(56)53-49(47-54)50(55)44-41-38-35-32-21-18-15-12-9-6-3/h48-50,54-55H,4-47H2,1-3H3,(H,53,56). The third kappa shape index (κ3) is 41.6. The first kappa shape index (κ1) is 56.9. The van der Waals surface area contributed by atoms with Crippen molar-refractivity contribution in [2.24, 2.45) is 0 Å². The second kappa shape index (κ2) is 46.9. The predicted molar refractivity (Wildman–Crippen MR) is 250 cm³/mol. The van der Waals surface area contributed by atoms with Crippen LogP contribution in [0.5, 0.6) is 0 Å². The average Bonchev–Trinajstić information content (AvgIpc) is 3.22. The molecule has 0 saturated heterocycles. The van der Waals surface area contributed by atoms with E-state index >= 15 is 0 Å². The number of amides is 1. The SMILES string of the molecule is CCCCCCCCCCCCCCCCCCC(=O)OC(CCCCCCCCCCCCCCC)CC(=O)NC(CO)C(O)CCCCCCCCCCCC. The summed E-state index contributed by atoms with van der Waals surface area (Å²) < 4.78 is 5.94. The van der Waals surface area contributed by atoms with Crippen molar-refractivity contribution in [2.45, 2.75) is 315 Å². The molecule has 0 rings (SSSR count). The third-order valence-corrected chi connectivity index (χ3v) is 12.4. The molecule has 0 spiro atoms. The molecule has 3 N–H and O–H groups in total. The van der Waals surface area contributed by atoms with Crippen LogP contribution in [0.3, 0.4) is 0 Å². The number of carbonyl (C=O) groups excluding carboxylic acids is 2. The van der Waals surface area contributed by atoms with E-state index in [9.17, 15) is 19.8 Å². The fourth-order valence-electron chi connectivity index (χ4n) is 8.43. The number of aliphatic hydroxyl groups is 2. The van der Waals surface area contributed by atoms with Crippen molar-refractivity contribution in [3.63, 3.8) is 0 Å². The summed E-state index contributed by atoms with van der Waals surface area (Å²) in [7, 11) is 0. The lowest BCUT2D eigenvalue weighted by molar-refractivity contribution is -0.151. The van der Waals surface area contributed by atoms with Crippen LogP contribution in [0, 0.1) is 0 Å². The normalized spacial score (nSPS) is 13.1. The molecule has 346 valence electrons. The van der Waals surface area contributed by atoms with Crippen LogP contribution in [-0.2, 0) is 14.3 Å². The molecule has 1 amide bonds. The molecule has 0 aromatic carbocycles. The Kier molecular flexibility index (Phi) is 46.0. The van der Waals surface area contributed by atoms with Gasteiger partial charge in [0.25, 0.3) is 0 Å². The number of hydrogen-bond acceptors (Lipinski definition) is 5. The molecule has 3 atom stereocenters. The molecule has 0 aromatic heterocycles. The van der Waals surface area contributed by atoms with Crippen LogP contribution >= 0.6 is 0 Å². The molecule has 0 saturated carbocycles. The number of hydrogen-bond donors (Lipinski definition) is 3. The minimum Gasteiger partial charge on any atom is -0.462 e. The Balaban J connectivity index is 4.49. The highest BCUT2D eigenvalue weighted by Gasteiger charge is 2.24. The number of esters is 1. The number of carbonyl (C=O) groups is 2. The van der Waals surface area contributed by atoms with Crippen LogP contribution in [0.2, 0.25) is 0 Å². The Morgan fingerprint density at radius 1 is 0.431 bits per heavy atom. The Hall–Kier alpha value is -1.14. The van der Waals surface area contributed by atoms with Gasteiger partial charge in [-0.05, 0) is 25.7 Å². The minimum absolute atomic E-state index is 0.0877. The highest BCUT2D eigenvalue weighted by molar-refractivity contribution is 5.77. The van der Waals surface area contributed by atoms with Crippen molar-refractivity contribution in [2.75, 3.05) is 6.61 Å². The quantitative estimate of drug-likeness (QED) is 0.0420. The Morgan fingerprint density at radius 2 is 0.724 bits per heavy atom. The first-order valence-corrected chi connectivity index (χ1v) is 26.3. The molecule has 0 aliphatic rings. The van der Waals surface area contributed by atoms with Gasteiger partial charge in [-0.1, -0.05) is 258 Å². The first-order chi connectivity index (χ1) is 28.5. The highest BCUT2D eigenvalue weighted by atomic mass is 16.5. The number of ether oxygens (including phenoxy) is 1. The summed E-state index contributed by atoms with van der Waals surface area (Å²) in [5.41, 5.74) is 0. The van der Waals surface area contributed by atoms with Crippen LogP contribution in [0.1, 0.15) is 297 Å². The van der Waals surface area contributed by atoms with E-state index in [1.165, 1.54) is 212 Å². The van der Waals surface area contributed by atoms with Crippen LogP contribution < -0.4 is 5.32 Å². The van der Waals surface area contributed by atoms with Gasteiger partial charge in [0.2, 0.25) is 5.91 Å². The zero-order chi connectivity index (χ0) is 42.4. The zero-order valence-corrected chi connectivity index (χ0v) is 39.5. The van der Waals surface area contributed by atoms with E-state index in [1.54, 1.807) is 0 Å². The van der Waals surface area contributed by atoms with Crippen LogP contribution in [-0.4, -0.2) is 46.9 Å². The van der Waals surface area contributed by atoms with E-state index in [2.05, 4.69) is 26.1 Å². The summed E-state index contributed by atoms with van der Waals surface area (Å²) >= 11 is 0. The Labute approximate surface area is 362 Å². The van der Waals surface area contributed by atoms with Crippen molar-refractivity contribution >= 4 is 11.9 Å². The van der Waals surface area contributed by atoms with Crippen molar-refractivity contribution in [1.82, 2.24) is 5.32 Å². The molecule has 58 heavy (non-hydrogen) atoms. The van der Waals surface area contributed by atoms with Gasteiger partial charge in [-0.25, -0.2) is 0 Å². The molecule has 0 aromatic rings. The minimum atomic E-state index is -0.778. The lowest BCUT2D eigenvalue weighted by atomic mass is 10.0. The third-order valence-electron chi connectivity index (χ3n) is 12.4. The molecule has 0 heterocycles. The van der Waals surface area contributed by atoms with Crippen molar-refractivity contribution in [1.29, 1.82) is 0 Å². The van der Waals surface area contributed by atoms with Gasteiger partial charge >= 0.3 is 5.97 Å². The van der Waals surface area contributed by atoms with Gasteiger partial charge < -0.3 is 20.3 Å². The Morgan fingerprint density at radius 3 is 1.05 bits per heavy atom. The van der Waals surface area contributed by atoms with Crippen LogP contribution in [0.4, 0.5) is 0 Å². The average molecular weight is 822 g/mol. The lowest BCUT2D eigenvalue weighted by Crippen LogP contribution is -2.46. The molecule has 0 bridgehead atoms. The number of aliphatic hydroxyl groups excluding tert-OH is 2. The smallest absolute Gasteiger partial charge is 0.306 e. The maximum absolute atomic E-state index is 13.2. The maximum Gasteiger partial charge on any atom is 0.306 e. The number of unbranched alkanes of at least 4 members (excludes halogenated alkanes) is 36. The van der Waals surface area contributed by atoms with Crippen molar-refractivity contribution in [3.05, 3.63) is 0 Å². The molecule has 0 aliphatic carbocycles. The van der Waals surface area contributed by atoms with E-state index in [1.807, 2.05) is 0 Å². The van der Waals surface area contributed by atoms with Gasteiger partial charge in [0, 0.05) is 6.42 Å². The molecule has 6 heteroatoms. The van der Waals surface area contributed by atoms with Gasteiger partial charge in [-0.3, -0.25) is 9.59 Å². The fraction of sp³-hybridized carbons (Fsp3) is 0.962. The maximum atomic E-state index is 13.2. The summed E-state index contributed by atoms with van der Waals surface area (Å²) in [6.45, 7) is 6.50. The van der Waals surface area contributed by atoms with E-state index in [4.69, 9.17) is 4.74 Å². The predicted octanol–water partition coefficient (Wildman–Crippen LogP) is 15.6. The molecule has 6 nitrogen and oxygen atoms in total. The Bertz CT molecular complexity index is 837. The first-order valence-electron chi connectivity index (χ1n) is 26.3. The van der Waals surface area contributed by atoms with E-state index < -0.39 is 18.2 Å². The monoisotopic (exact) mass is 822 g/mol. The summed E-state index contributed by atoms with van der Waals surface area (Å²) in [5, 5.41) is 23.7. The largest absolute Gasteiger partial charge is 0.462 e. The van der Waals surface area contributed by atoms with Crippen LogP contribution in [0.25, 0.3) is 0 Å². The number of nitrogens with one attached hydrogen (secondary N) is 1. The van der Waals surface area contributed by atoms with Gasteiger partial charge in [0.15, 0.2) is 0 Å². The summed E-state index contributed by atoms with van der Waals surface area (Å²) in [6, 6.07) is -0.691.